The minimum atomic E-state index is -1.15. The van der Waals surface area contributed by atoms with Crippen molar-refractivity contribution in [3.8, 4) is 0 Å². The van der Waals surface area contributed by atoms with Crippen LogP contribution >= 0.6 is 0 Å². The molecular formula is C11H13FO3. The second kappa shape index (κ2) is 4.89. The predicted molar refractivity (Wildman–Crippen MR) is 52.7 cm³/mol. The number of methoxy groups -OCH3 is 1. The number of aliphatic hydroxyl groups is 1. The Morgan fingerprint density at radius 3 is 2.80 bits per heavy atom. The molecule has 82 valence electrons. The lowest BCUT2D eigenvalue weighted by Crippen LogP contribution is -2.09. The Morgan fingerprint density at radius 2 is 2.27 bits per heavy atom. The molecule has 0 saturated heterocycles. The highest BCUT2D eigenvalue weighted by atomic mass is 19.1. The van der Waals surface area contributed by atoms with Gasteiger partial charge in [0.25, 0.3) is 0 Å². The number of esters is 1. The van der Waals surface area contributed by atoms with Crippen LogP contribution in [0.15, 0.2) is 18.2 Å². The van der Waals surface area contributed by atoms with E-state index in [1.807, 2.05) is 0 Å². The van der Waals surface area contributed by atoms with E-state index in [9.17, 15) is 14.3 Å². The van der Waals surface area contributed by atoms with E-state index < -0.39 is 17.9 Å². The first-order valence-electron chi connectivity index (χ1n) is 4.55. The summed E-state index contributed by atoms with van der Waals surface area (Å²) in [7, 11) is 1.22. The average Bonchev–Trinajstić information content (AvgIpc) is 2.17. The summed E-state index contributed by atoms with van der Waals surface area (Å²) in [4.78, 5) is 10.9. The molecule has 0 aliphatic carbocycles. The second-order valence-electron chi connectivity index (χ2n) is 3.32. The highest BCUT2D eigenvalue weighted by molar-refractivity contribution is 5.70. The van der Waals surface area contributed by atoms with Crippen LogP contribution in [0, 0.1) is 12.7 Å². The molecule has 0 spiro atoms. The molecular weight excluding hydrogens is 199 g/mol. The van der Waals surface area contributed by atoms with Gasteiger partial charge in [0.1, 0.15) is 5.82 Å². The maximum atomic E-state index is 13.3. The molecule has 1 aromatic carbocycles. The molecule has 0 aliphatic rings. The lowest BCUT2D eigenvalue weighted by molar-refractivity contribution is -0.142. The number of aryl methyl sites for hydroxylation is 1. The van der Waals surface area contributed by atoms with E-state index >= 15 is 0 Å². The third kappa shape index (κ3) is 3.02. The summed E-state index contributed by atoms with van der Waals surface area (Å²) in [6, 6.07) is 4.47. The van der Waals surface area contributed by atoms with Gasteiger partial charge in [0.15, 0.2) is 0 Å². The van der Waals surface area contributed by atoms with Crippen molar-refractivity contribution in [1.29, 1.82) is 0 Å². The molecule has 0 unspecified atom stereocenters. The molecule has 0 saturated carbocycles. The van der Waals surface area contributed by atoms with Crippen molar-refractivity contribution in [2.45, 2.75) is 19.4 Å². The van der Waals surface area contributed by atoms with E-state index in [1.54, 1.807) is 13.0 Å². The Hall–Kier alpha value is -1.42. The zero-order valence-corrected chi connectivity index (χ0v) is 8.66. The molecule has 0 aromatic heterocycles. The average molecular weight is 212 g/mol. The minimum absolute atomic E-state index is 0.117. The molecule has 1 aromatic rings. The number of rotatable bonds is 3. The Balaban J connectivity index is 2.82. The first-order valence-corrected chi connectivity index (χ1v) is 4.55. The van der Waals surface area contributed by atoms with Gasteiger partial charge >= 0.3 is 5.97 Å². The number of carbonyl (C=O) groups is 1. The van der Waals surface area contributed by atoms with Crippen molar-refractivity contribution in [2.75, 3.05) is 7.11 Å². The fourth-order valence-corrected chi connectivity index (χ4v) is 1.25. The number of ether oxygens (including phenoxy) is 1. The van der Waals surface area contributed by atoms with Crippen LogP contribution in [0.4, 0.5) is 4.39 Å². The van der Waals surface area contributed by atoms with E-state index in [1.165, 1.54) is 19.2 Å². The fraction of sp³-hybridized carbons (Fsp3) is 0.364. The first-order chi connectivity index (χ1) is 7.04. The number of benzene rings is 1. The van der Waals surface area contributed by atoms with Crippen molar-refractivity contribution in [3.63, 3.8) is 0 Å². The fourth-order valence-electron chi connectivity index (χ4n) is 1.25. The maximum Gasteiger partial charge on any atom is 0.308 e. The summed E-state index contributed by atoms with van der Waals surface area (Å²) in [5.41, 5.74) is 0.882. The van der Waals surface area contributed by atoms with Crippen LogP contribution in [-0.4, -0.2) is 18.2 Å². The van der Waals surface area contributed by atoms with Crippen molar-refractivity contribution in [2.24, 2.45) is 0 Å². The van der Waals surface area contributed by atoms with Gasteiger partial charge in [-0.3, -0.25) is 4.79 Å². The summed E-state index contributed by atoms with van der Waals surface area (Å²) >= 11 is 0. The number of aliphatic hydroxyl groups excluding tert-OH is 1. The number of carbonyl (C=O) groups excluding carboxylic acids is 1. The van der Waals surface area contributed by atoms with E-state index in [2.05, 4.69) is 4.74 Å². The Bertz CT molecular complexity index is 363. The van der Waals surface area contributed by atoms with E-state index in [0.717, 1.165) is 5.56 Å². The summed E-state index contributed by atoms with van der Waals surface area (Å²) in [6.45, 7) is 1.75. The van der Waals surface area contributed by atoms with Gasteiger partial charge in [-0.15, -0.1) is 0 Å². The van der Waals surface area contributed by atoms with Gasteiger partial charge in [-0.1, -0.05) is 12.1 Å². The maximum absolute atomic E-state index is 13.3. The molecule has 4 heteroatoms. The van der Waals surface area contributed by atoms with Gasteiger partial charge in [-0.05, 0) is 18.6 Å². The van der Waals surface area contributed by atoms with Gasteiger partial charge in [-0.2, -0.15) is 0 Å². The number of hydrogen-bond donors (Lipinski definition) is 1. The number of hydrogen-bond acceptors (Lipinski definition) is 3. The van der Waals surface area contributed by atoms with Crippen LogP contribution in [0.2, 0.25) is 0 Å². The molecule has 0 heterocycles. The van der Waals surface area contributed by atoms with E-state index in [4.69, 9.17) is 0 Å². The molecule has 1 N–H and O–H groups in total. The monoisotopic (exact) mass is 212 g/mol. The van der Waals surface area contributed by atoms with Crippen LogP contribution in [0.25, 0.3) is 0 Å². The van der Waals surface area contributed by atoms with Crippen LogP contribution in [-0.2, 0) is 9.53 Å². The zero-order chi connectivity index (χ0) is 11.4. The van der Waals surface area contributed by atoms with Crippen molar-refractivity contribution in [3.05, 3.63) is 35.1 Å². The minimum Gasteiger partial charge on any atom is -0.469 e. The summed E-state index contributed by atoms with van der Waals surface area (Å²) in [5.74, 6) is -1.08. The summed E-state index contributed by atoms with van der Waals surface area (Å²) < 4.78 is 17.7. The van der Waals surface area contributed by atoms with E-state index in [0.29, 0.717) is 0 Å². The molecule has 0 aliphatic heterocycles. The predicted octanol–water partition coefficient (Wildman–Crippen LogP) is 1.73. The summed E-state index contributed by atoms with van der Waals surface area (Å²) in [5, 5.41) is 9.55. The Kier molecular flexibility index (Phi) is 3.80. The quantitative estimate of drug-likeness (QED) is 0.776. The topological polar surface area (TPSA) is 46.5 Å². The van der Waals surface area contributed by atoms with Crippen molar-refractivity contribution >= 4 is 5.97 Å². The zero-order valence-electron chi connectivity index (χ0n) is 8.66. The van der Waals surface area contributed by atoms with Gasteiger partial charge in [0.05, 0.1) is 19.6 Å². The van der Waals surface area contributed by atoms with Crippen LogP contribution in [0.5, 0.6) is 0 Å². The number of halogens is 1. The Morgan fingerprint density at radius 1 is 1.60 bits per heavy atom. The van der Waals surface area contributed by atoms with Crippen molar-refractivity contribution < 1.29 is 19.0 Å². The lowest BCUT2D eigenvalue weighted by atomic mass is 10.0. The molecule has 0 bridgehead atoms. The van der Waals surface area contributed by atoms with Crippen LogP contribution in [0.3, 0.4) is 0 Å². The molecule has 0 amide bonds. The highest BCUT2D eigenvalue weighted by Crippen LogP contribution is 2.21. The van der Waals surface area contributed by atoms with Gasteiger partial charge < -0.3 is 9.84 Å². The largest absolute Gasteiger partial charge is 0.469 e. The molecule has 15 heavy (non-hydrogen) atoms. The smallest absolute Gasteiger partial charge is 0.308 e. The normalized spacial score (nSPS) is 12.3. The van der Waals surface area contributed by atoms with E-state index in [-0.39, 0.29) is 12.0 Å². The highest BCUT2D eigenvalue weighted by Gasteiger charge is 2.16. The third-order valence-electron chi connectivity index (χ3n) is 2.10. The first kappa shape index (κ1) is 11.7. The third-order valence-corrected chi connectivity index (χ3v) is 2.10. The van der Waals surface area contributed by atoms with Gasteiger partial charge in [-0.25, -0.2) is 4.39 Å². The molecule has 0 fully saturated rings. The van der Waals surface area contributed by atoms with Gasteiger partial charge in [0, 0.05) is 5.56 Å². The SMILES string of the molecule is COC(=O)C[C@H](O)c1ccc(C)cc1F. The summed E-state index contributed by atoms with van der Waals surface area (Å²) in [6.07, 6.45) is -1.39. The Labute approximate surface area is 87.5 Å². The molecule has 1 atom stereocenters. The lowest BCUT2D eigenvalue weighted by Gasteiger charge is -2.10. The second-order valence-corrected chi connectivity index (χ2v) is 3.32. The standard InChI is InChI=1S/C11H13FO3/c1-7-3-4-8(9(12)5-7)10(13)6-11(14)15-2/h3-5,10,13H,6H2,1-2H3/t10-/m0/s1. The van der Waals surface area contributed by atoms with Crippen LogP contribution in [0.1, 0.15) is 23.7 Å². The van der Waals surface area contributed by atoms with Gasteiger partial charge in [0.2, 0.25) is 0 Å². The molecule has 0 radical (unpaired) electrons. The van der Waals surface area contributed by atoms with Crippen molar-refractivity contribution in [1.82, 2.24) is 0 Å². The molecule has 1 rings (SSSR count). The molecule has 3 nitrogen and oxygen atoms in total. The van der Waals surface area contributed by atoms with Crippen LogP contribution < -0.4 is 0 Å².